The molecule has 2 aromatic heterocycles. The van der Waals surface area contributed by atoms with Crippen molar-refractivity contribution in [2.75, 3.05) is 18.2 Å². The number of amides is 1. The fourth-order valence-corrected chi connectivity index (χ4v) is 5.90. The maximum absolute atomic E-state index is 14.0. The molecule has 8 heteroatoms. The number of anilines is 1. The van der Waals surface area contributed by atoms with Crippen molar-refractivity contribution in [3.05, 3.63) is 100 Å². The molecule has 5 rings (SSSR count). The Balaban J connectivity index is 1.53. The van der Waals surface area contributed by atoms with Crippen molar-refractivity contribution in [2.45, 2.75) is 12.1 Å². The summed E-state index contributed by atoms with van der Waals surface area (Å²) in [7, 11) is 1.60. The number of para-hydroxylation sites is 1. The van der Waals surface area contributed by atoms with E-state index in [2.05, 4.69) is 5.32 Å². The van der Waals surface area contributed by atoms with Crippen LogP contribution in [0.3, 0.4) is 0 Å². The topological polar surface area (TPSA) is 73.2 Å². The number of hydrogen-bond acceptors (Lipinski definition) is 6. The highest BCUT2D eigenvalue weighted by Crippen LogP contribution is 2.37. The number of hydrogen-bond donors (Lipinski definition) is 1. The van der Waals surface area contributed by atoms with Crippen molar-refractivity contribution in [1.29, 1.82) is 0 Å². The van der Waals surface area contributed by atoms with E-state index in [9.17, 15) is 9.59 Å². The predicted octanol–water partition coefficient (Wildman–Crippen LogP) is 6.16. The van der Waals surface area contributed by atoms with Gasteiger partial charge in [0, 0.05) is 16.1 Å². The van der Waals surface area contributed by atoms with Gasteiger partial charge in [0.25, 0.3) is 5.56 Å². The van der Waals surface area contributed by atoms with E-state index in [-0.39, 0.29) is 17.2 Å². The lowest BCUT2D eigenvalue weighted by Gasteiger charge is -2.13. The molecule has 0 saturated heterocycles. The van der Waals surface area contributed by atoms with Gasteiger partial charge >= 0.3 is 0 Å². The van der Waals surface area contributed by atoms with E-state index in [4.69, 9.17) is 9.72 Å². The molecule has 0 aliphatic heterocycles. The highest BCUT2D eigenvalue weighted by Gasteiger charge is 2.21. The summed E-state index contributed by atoms with van der Waals surface area (Å²) in [4.78, 5) is 33.2. The fraction of sp³-hybridized carbons (Fsp3) is 0.107. The first kappa shape index (κ1) is 23.8. The quantitative estimate of drug-likeness (QED) is 0.208. The number of fused-ring (bicyclic) bond motifs is 1. The lowest BCUT2D eigenvalue weighted by molar-refractivity contribution is -0.113. The number of methoxy groups -OCH3 is 1. The van der Waals surface area contributed by atoms with Crippen molar-refractivity contribution >= 4 is 44.9 Å². The van der Waals surface area contributed by atoms with E-state index < -0.39 is 0 Å². The average Bonchev–Trinajstić information content (AvgIpc) is 3.25. The number of nitrogens with one attached hydrogen (secondary N) is 1. The first-order valence-corrected chi connectivity index (χ1v) is 13.1. The summed E-state index contributed by atoms with van der Waals surface area (Å²) in [5.41, 5.74) is 3.13. The molecule has 6 nitrogen and oxygen atoms in total. The Bertz CT molecular complexity index is 1580. The zero-order valence-corrected chi connectivity index (χ0v) is 21.4. The van der Waals surface area contributed by atoms with Crippen LogP contribution in [-0.4, -0.2) is 28.3 Å². The second-order valence-electron chi connectivity index (χ2n) is 8.02. The van der Waals surface area contributed by atoms with Crippen LogP contribution >= 0.6 is 23.1 Å². The maximum Gasteiger partial charge on any atom is 0.268 e. The summed E-state index contributed by atoms with van der Waals surface area (Å²) in [5.74, 6) is 0.631. The smallest absolute Gasteiger partial charge is 0.268 e. The third kappa shape index (κ3) is 4.78. The Morgan fingerprint density at radius 2 is 1.67 bits per heavy atom. The van der Waals surface area contributed by atoms with Crippen molar-refractivity contribution in [1.82, 2.24) is 9.55 Å². The van der Waals surface area contributed by atoms with Crippen LogP contribution in [0.4, 0.5) is 5.69 Å². The molecule has 0 atom stereocenters. The van der Waals surface area contributed by atoms with Gasteiger partial charge in [-0.1, -0.05) is 60.3 Å². The number of thiophene rings is 1. The molecule has 0 bridgehead atoms. The molecule has 0 fully saturated rings. The van der Waals surface area contributed by atoms with E-state index in [1.54, 1.807) is 35.9 Å². The molecule has 0 radical (unpaired) electrons. The van der Waals surface area contributed by atoms with Crippen LogP contribution in [0.2, 0.25) is 0 Å². The molecular formula is C28H23N3O3S2. The van der Waals surface area contributed by atoms with Gasteiger partial charge in [0.15, 0.2) is 5.16 Å². The normalized spacial score (nSPS) is 10.9. The number of carbonyl (C=O) groups is 1. The molecule has 180 valence electrons. The molecule has 0 unspecified atom stereocenters. The fourth-order valence-electron chi connectivity index (χ4n) is 4.00. The Hall–Kier alpha value is -3.88. The zero-order chi connectivity index (χ0) is 25.1. The van der Waals surface area contributed by atoms with Gasteiger partial charge in [0.2, 0.25) is 5.91 Å². The zero-order valence-electron chi connectivity index (χ0n) is 19.7. The van der Waals surface area contributed by atoms with Crippen molar-refractivity contribution in [3.63, 3.8) is 0 Å². The molecular weight excluding hydrogens is 490 g/mol. The number of aromatic nitrogens is 2. The average molecular weight is 514 g/mol. The lowest BCUT2D eigenvalue weighted by atomic mass is 10.0. The van der Waals surface area contributed by atoms with Crippen molar-refractivity contribution < 1.29 is 9.53 Å². The van der Waals surface area contributed by atoms with Gasteiger partial charge in [-0.05, 0) is 48.9 Å². The van der Waals surface area contributed by atoms with E-state index in [1.165, 1.54) is 23.1 Å². The Morgan fingerprint density at radius 1 is 1.00 bits per heavy atom. The van der Waals surface area contributed by atoms with Crippen molar-refractivity contribution in [3.8, 4) is 22.6 Å². The summed E-state index contributed by atoms with van der Waals surface area (Å²) in [5, 5.41) is 3.95. The standard InChI is InChI=1S/C28H23N3O3S2/c1-18-24(19-9-5-3-6-10-19)25-26(36-18)30-28(31(27(25)33)21-11-7-4-8-12-21)35-17-23(32)29-20-13-15-22(34-2)16-14-20/h3-16H,17H2,1-2H3,(H,29,32). The minimum absolute atomic E-state index is 0.104. The van der Waals surface area contributed by atoms with E-state index >= 15 is 0 Å². The molecule has 0 aliphatic rings. The number of rotatable bonds is 7. The van der Waals surface area contributed by atoms with Crippen LogP contribution < -0.4 is 15.6 Å². The van der Waals surface area contributed by atoms with Crippen LogP contribution in [0.5, 0.6) is 5.75 Å². The molecule has 2 heterocycles. The van der Waals surface area contributed by atoms with E-state index in [0.717, 1.165) is 16.0 Å². The van der Waals surface area contributed by atoms with Gasteiger partial charge in [0.1, 0.15) is 10.6 Å². The largest absolute Gasteiger partial charge is 0.497 e. The molecule has 5 aromatic rings. The third-order valence-corrected chi connectivity index (χ3v) is 7.59. The summed E-state index contributed by atoms with van der Waals surface area (Å²) in [6, 6.07) is 26.5. The molecule has 0 spiro atoms. The van der Waals surface area contributed by atoms with Gasteiger partial charge in [0.05, 0.1) is 23.9 Å². The Kier molecular flexibility index (Phi) is 6.88. The van der Waals surface area contributed by atoms with Crippen LogP contribution in [0.1, 0.15) is 4.88 Å². The third-order valence-electron chi connectivity index (χ3n) is 5.65. The monoisotopic (exact) mass is 513 g/mol. The van der Waals surface area contributed by atoms with Gasteiger partial charge in [-0.15, -0.1) is 11.3 Å². The summed E-state index contributed by atoms with van der Waals surface area (Å²) in [6.45, 7) is 2.01. The van der Waals surface area contributed by atoms with Crippen molar-refractivity contribution in [2.24, 2.45) is 0 Å². The number of nitrogens with zero attached hydrogens (tertiary/aromatic N) is 2. The molecule has 0 aliphatic carbocycles. The number of benzene rings is 3. The van der Waals surface area contributed by atoms with E-state index in [0.29, 0.717) is 32.5 Å². The molecule has 1 N–H and O–H groups in total. The van der Waals surface area contributed by atoms with Crippen LogP contribution in [-0.2, 0) is 4.79 Å². The second-order valence-corrected chi connectivity index (χ2v) is 10.2. The minimum atomic E-state index is -0.188. The Labute approximate surface area is 216 Å². The second kappa shape index (κ2) is 10.4. The van der Waals surface area contributed by atoms with Gasteiger partial charge in [-0.2, -0.15) is 0 Å². The Morgan fingerprint density at radius 3 is 2.33 bits per heavy atom. The molecule has 1 amide bonds. The molecule has 3 aromatic carbocycles. The first-order chi connectivity index (χ1) is 17.5. The molecule has 0 saturated carbocycles. The van der Waals surface area contributed by atoms with Gasteiger partial charge in [-0.3, -0.25) is 14.2 Å². The molecule has 36 heavy (non-hydrogen) atoms. The highest BCUT2D eigenvalue weighted by atomic mass is 32.2. The van der Waals surface area contributed by atoms with Crippen LogP contribution in [0, 0.1) is 6.92 Å². The predicted molar refractivity (Wildman–Crippen MR) is 148 cm³/mol. The highest BCUT2D eigenvalue weighted by molar-refractivity contribution is 7.99. The van der Waals surface area contributed by atoms with Gasteiger partial charge in [-0.25, -0.2) is 4.98 Å². The van der Waals surface area contributed by atoms with Crippen LogP contribution in [0.25, 0.3) is 27.0 Å². The number of aryl methyl sites for hydroxylation is 1. The van der Waals surface area contributed by atoms with E-state index in [1.807, 2.05) is 67.6 Å². The maximum atomic E-state index is 14.0. The number of ether oxygens (including phenoxy) is 1. The lowest BCUT2D eigenvalue weighted by Crippen LogP contribution is -2.22. The SMILES string of the molecule is COc1ccc(NC(=O)CSc2nc3sc(C)c(-c4ccccc4)c3c(=O)n2-c2ccccc2)cc1. The van der Waals surface area contributed by atoms with Crippen LogP contribution in [0.15, 0.2) is 94.9 Å². The number of carbonyl (C=O) groups excluding carboxylic acids is 1. The minimum Gasteiger partial charge on any atom is -0.497 e. The summed E-state index contributed by atoms with van der Waals surface area (Å²) >= 11 is 2.73. The summed E-state index contributed by atoms with van der Waals surface area (Å²) < 4.78 is 6.77. The summed E-state index contributed by atoms with van der Waals surface area (Å²) in [6.07, 6.45) is 0. The van der Waals surface area contributed by atoms with Gasteiger partial charge < -0.3 is 10.1 Å². The number of thioether (sulfide) groups is 1. The first-order valence-electron chi connectivity index (χ1n) is 11.3.